The van der Waals surface area contributed by atoms with Crippen LogP contribution in [0, 0.1) is 6.92 Å². The van der Waals surface area contributed by atoms with Crippen LogP contribution in [0.1, 0.15) is 18.5 Å². The standard InChI is InChI=1S/C22H23BN4O/c1-16-14-21-22(19-12-8-9-13-20(19)28-21)24(3)23(16)27-15-26(17(2)25(27)4)18-10-6-5-7-11-18/h5-15H,1-4H3/q+2. The molecule has 0 amide bonds. The number of nitrogens with zero attached hydrogens (tertiary/aromatic N) is 4. The van der Waals surface area contributed by atoms with Crippen LogP contribution in [0.3, 0.4) is 0 Å². The predicted molar refractivity (Wildman–Crippen MR) is 111 cm³/mol. The van der Waals surface area contributed by atoms with E-state index >= 15 is 0 Å². The second-order valence-corrected chi connectivity index (χ2v) is 7.46. The largest absolute Gasteiger partial charge is 0.677 e. The highest BCUT2D eigenvalue weighted by Crippen LogP contribution is 2.38. The lowest BCUT2D eigenvalue weighted by molar-refractivity contribution is -0.703. The normalized spacial score (nSPS) is 13.8. The molecule has 6 heteroatoms. The van der Waals surface area contributed by atoms with E-state index in [1.807, 2.05) is 18.2 Å². The molecule has 2 aromatic heterocycles. The highest BCUT2D eigenvalue weighted by molar-refractivity contribution is 6.64. The summed E-state index contributed by atoms with van der Waals surface area (Å²) in [6, 6.07) is 18.7. The highest BCUT2D eigenvalue weighted by atomic mass is 16.3. The van der Waals surface area contributed by atoms with Gasteiger partial charge in [0.25, 0.3) is 0 Å². The van der Waals surface area contributed by atoms with Gasteiger partial charge in [-0.15, -0.1) is 9.27 Å². The quantitative estimate of drug-likeness (QED) is 0.401. The van der Waals surface area contributed by atoms with Crippen LogP contribution in [0.5, 0.6) is 0 Å². The summed E-state index contributed by atoms with van der Waals surface area (Å²) in [6.45, 7) is 4.38. The molecule has 0 radical (unpaired) electrons. The van der Waals surface area contributed by atoms with Crippen LogP contribution in [0.4, 0.5) is 5.69 Å². The molecule has 3 heterocycles. The van der Waals surface area contributed by atoms with Gasteiger partial charge in [0.05, 0.1) is 12.7 Å². The second-order valence-electron chi connectivity index (χ2n) is 7.46. The lowest BCUT2D eigenvalue weighted by atomic mass is 9.64. The molecule has 0 aliphatic carbocycles. The van der Waals surface area contributed by atoms with E-state index in [2.05, 4.69) is 95.4 Å². The van der Waals surface area contributed by atoms with E-state index in [4.69, 9.17) is 4.42 Å². The summed E-state index contributed by atoms with van der Waals surface area (Å²) in [5.74, 6) is 2.09. The van der Waals surface area contributed by atoms with Crippen molar-refractivity contribution in [3.63, 3.8) is 0 Å². The van der Waals surface area contributed by atoms with E-state index in [-0.39, 0.29) is 6.98 Å². The molecule has 0 bridgehead atoms. The fraction of sp³-hybridized carbons (Fsp3) is 0.182. The lowest BCUT2D eigenvalue weighted by Crippen LogP contribution is -2.66. The second kappa shape index (κ2) is 6.13. The minimum Gasteiger partial charge on any atom is -0.455 e. The molecule has 5 nitrogen and oxygen atoms in total. The summed E-state index contributed by atoms with van der Waals surface area (Å²) in [7, 11) is 4.25. The summed E-state index contributed by atoms with van der Waals surface area (Å²) in [5, 5.41) is 1.15. The Hall–Kier alpha value is -3.28. The molecule has 0 spiro atoms. The number of benzene rings is 2. The van der Waals surface area contributed by atoms with Gasteiger partial charge in [0.2, 0.25) is 5.69 Å². The number of hydrogen-bond acceptors (Lipinski definition) is 2. The Labute approximate surface area is 164 Å². The molecule has 0 atom stereocenters. The van der Waals surface area contributed by atoms with Gasteiger partial charge in [0, 0.05) is 37.0 Å². The van der Waals surface area contributed by atoms with E-state index in [1.54, 1.807) is 0 Å². The summed E-state index contributed by atoms with van der Waals surface area (Å²) in [6.07, 6.45) is 4.35. The zero-order valence-corrected chi connectivity index (χ0v) is 16.6. The molecule has 4 aromatic rings. The summed E-state index contributed by atoms with van der Waals surface area (Å²) in [5.41, 5.74) is 4.46. The highest BCUT2D eigenvalue weighted by Gasteiger charge is 2.48. The van der Waals surface area contributed by atoms with Crippen molar-refractivity contribution < 1.29 is 13.6 Å². The fourth-order valence-electron chi connectivity index (χ4n) is 4.28. The van der Waals surface area contributed by atoms with Gasteiger partial charge in [0.1, 0.15) is 11.3 Å². The average Bonchev–Trinajstić information content (AvgIpc) is 3.21. The predicted octanol–water partition coefficient (Wildman–Crippen LogP) is 3.07. The van der Waals surface area contributed by atoms with Gasteiger partial charge in [0.15, 0.2) is 0 Å². The first-order valence-electron chi connectivity index (χ1n) is 9.53. The summed E-state index contributed by atoms with van der Waals surface area (Å²) >= 11 is 0. The Kier molecular flexibility index (Phi) is 3.69. The van der Waals surface area contributed by atoms with Crippen molar-refractivity contribution in [2.24, 2.45) is 7.05 Å². The number of para-hydroxylation sites is 2. The number of aromatic nitrogens is 3. The number of allylic oxidation sites excluding steroid dienone is 1. The fourth-order valence-corrected chi connectivity index (χ4v) is 4.28. The third kappa shape index (κ3) is 2.34. The summed E-state index contributed by atoms with van der Waals surface area (Å²) in [4.78, 5) is 2.31. The maximum Gasteiger partial charge on any atom is 0.677 e. The number of anilines is 1. The van der Waals surface area contributed by atoms with E-state index in [1.165, 1.54) is 5.47 Å². The number of fused-ring (bicyclic) bond motifs is 3. The van der Waals surface area contributed by atoms with Crippen LogP contribution in [0.15, 0.2) is 70.8 Å². The SMILES string of the molecule is CC1=Cc2oc3ccccc3c2N(C)B1[n+]1c[n+](-c2ccccc2)c(C)n1C. The van der Waals surface area contributed by atoms with Gasteiger partial charge in [-0.05, 0) is 25.1 Å². The first-order chi connectivity index (χ1) is 13.6. The van der Waals surface area contributed by atoms with Crippen LogP contribution >= 0.6 is 0 Å². The van der Waals surface area contributed by atoms with Crippen LogP contribution in [-0.2, 0) is 7.05 Å². The van der Waals surface area contributed by atoms with Crippen molar-refractivity contribution in [2.75, 3.05) is 11.9 Å². The Morgan fingerprint density at radius 3 is 2.43 bits per heavy atom. The van der Waals surface area contributed by atoms with Crippen molar-refractivity contribution in [1.82, 2.24) is 4.68 Å². The minimum absolute atomic E-state index is 0.0715. The lowest BCUT2D eigenvalue weighted by Gasteiger charge is -2.23. The zero-order chi connectivity index (χ0) is 19.4. The van der Waals surface area contributed by atoms with Gasteiger partial charge in [-0.25, -0.2) is 0 Å². The van der Waals surface area contributed by atoms with Crippen molar-refractivity contribution >= 4 is 29.7 Å². The van der Waals surface area contributed by atoms with Crippen molar-refractivity contribution in [3.8, 4) is 5.69 Å². The zero-order valence-electron chi connectivity index (χ0n) is 16.6. The van der Waals surface area contributed by atoms with Crippen molar-refractivity contribution in [3.05, 3.63) is 78.0 Å². The topological polar surface area (TPSA) is 29.1 Å². The first kappa shape index (κ1) is 16.9. The third-order valence-corrected chi connectivity index (χ3v) is 5.76. The van der Waals surface area contributed by atoms with Gasteiger partial charge in [-0.1, -0.05) is 34.9 Å². The Morgan fingerprint density at radius 1 is 0.929 bits per heavy atom. The van der Waals surface area contributed by atoms with Crippen LogP contribution in [0.2, 0.25) is 0 Å². The maximum atomic E-state index is 6.10. The Bertz CT molecular complexity index is 1220. The molecule has 28 heavy (non-hydrogen) atoms. The number of hydrogen-bond donors (Lipinski definition) is 0. The van der Waals surface area contributed by atoms with Gasteiger partial charge >= 0.3 is 19.1 Å². The molecule has 138 valence electrons. The molecule has 1 aliphatic rings. The molecule has 0 saturated carbocycles. The van der Waals surface area contributed by atoms with Crippen molar-refractivity contribution in [1.29, 1.82) is 0 Å². The minimum atomic E-state index is 0.0715. The maximum absolute atomic E-state index is 6.10. The van der Waals surface area contributed by atoms with Crippen LogP contribution < -0.4 is 14.0 Å². The van der Waals surface area contributed by atoms with Gasteiger partial charge < -0.3 is 9.23 Å². The first-order valence-corrected chi connectivity index (χ1v) is 9.53. The molecule has 0 unspecified atom stereocenters. The molecule has 0 fully saturated rings. The monoisotopic (exact) mass is 370 g/mol. The van der Waals surface area contributed by atoms with E-state index in [0.29, 0.717) is 0 Å². The Morgan fingerprint density at radius 2 is 1.64 bits per heavy atom. The van der Waals surface area contributed by atoms with Crippen LogP contribution in [-0.4, -0.2) is 18.7 Å². The molecule has 0 saturated heterocycles. The number of furan rings is 1. The average molecular weight is 370 g/mol. The molecular weight excluding hydrogens is 347 g/mol. The van der Waals surface area contributed by atoms with Crippen LogP contribution in [0.25, 0.3) is 22.7 Å². The van der Waals surface area contributed by atoms with E-state index in [9.17, 15) is 0 Å². The van der Waals surface area contributed by atoms with E-state index < -0.39 is 0 Å². The smallest absolute Gasteiger partial charge is 0.455 e. The number of rotatable bonds is 2. The molecule has 2 aromatic carbocycles. The van der Waals surface area contributed by atoms with Gasteiger partial charge in [-0.3, -0.25) is 0 Å². The molecule has 1 aliphatic heterocycles. The van der Waals surface area contributed by atoms with Crippen molar-refractivity contribution in [2.45, 2.75) is 13.8 Å². The summed E-state index contributed by atoms with van der Waals surface area (Å²) < 4.78 is 12.8. The third-order valence-electron chi connectivity index (χ3n) is 5.76. The molecule has 5 rings (SSSR count). The van der Waals surface area contributed by atoms with E-state index in [0.717, 1.165) is 33.9 Å². The molecule has 0 N–H and O–H groups in total. The Balaban J connectivity index is 1.67. The van der Waals surface area contributed by atoms with Gasteiger partial charge in [-0.2, -0.15) is 0 Å². The molecular formula is C22H23BN4O+2.